The summed E-state index contributed by atoms with van der Waals surface area (Å²) in [6.07, 6.45) is 5.17. The summed E-state index contributed by atoms with van der Waals surface area (Å²) < 4.78 is 0. The zero-order valence-corrected chi connectivity index (χ0v) is 11.2. The Kier molecular flexibility index (Phi) is 6.52. The van der Waals surface area contributed by atoms with Crippen molar-refractivity contribution in [1.82, 2.24) is 10.2 Å². The predicted molar refractivity (Wildman–Crippen MR) is 70.8 cm³/mol. The third-order valence-corrected chi connectivity index (χ3v) is 3.50. The predicted octanol–water partition coefficient (Wildman–Crippen LogP) is 1.10. The van der Waals surface area contributed by atoms with Gasteiger partial charge in [0.05, 0.1) is 6.04 Å². The summed E-state index contributed by atoms with van der Waals surface area (Å²) in [5, 5.41) is 3.09. The van der Waals surface area contributed by atoms with E-state index in [1.165, 1.54) is 6.42 Å². The molecule has 0 spiro atoms. The summed E-state index contributed by atoms with van der Waals surface area (Å²) in [6, 6.07) is -0.0316. The zero-order valence-electron chi connectivity index (χ0n) is 11.2. The summed E-state index contributed by atoms with van der Waals surface area (Å²) in [7, 11) is 0. The Labute approximate surface area is 105 Å². The molecule has 1 aliphatic rings. The number of carbonyl (C=O) groups is 1. The summed E-state index contributed by atoms with van der Waals surface area (Å²) in [6.45, 7) is 7.48. The lowest BCUT2D eigenvalue weighted by atomic mass is 10.0. The highest BCUT2D eigenvalue weighted by Crippen LogP contribution is 2.10. The van der Waals surface area contributed by atoms with Crippen molar-refractivity contribution in [2.75, 3.05) is 19.6 Å². The van der Waals surface area contributed by atoms with Crippen molar-refractivity contribution >= 4 is 5.91 Å². The third kappa shape index (κ3) is 5.04. The molecular formula is C13H27N3O. The first-order valence-electron chi connectivity index (χ1n) is 6.95. The number of nitrogens with one attached hydrogen (secondary N) is 1. The molecule has 1 rings (SSSR count). The highest BCUT2D eigenvalue weighted by molar-refractivity contribution is 5.81. The summed E-state index contributed by atoms with van der Waals surface area (Å²) >= 11 is 0. The van der Waals surface area contributed by atoms with E-state index in [4.69, 9.17) is 5.73 Å². The van der Waals surface area contributed by atoms with Gasteiger partial charge in [0.25, 0.3) is 0 Å². The number of amides is 1. The first-order valence-corrected chi connectivity index (χ1v) is 6.95. The Hall–Kier alpha value is -0.610. The van der Waals surface area contributed by atoms with Gasteiger partial charge in [0.2, 0.25) is 5.91 Å². The third-order valence-electron chi connectivity index (χ3n) is 3.50. The van der Waals surface area contributed by atoms with Gasteiger partial charge >= 0.3 is 0 Å². The quantitative estimate of drug-likeness (QED) is 0.732. The molecule has 17 heavy (non-hydrogen) atoms. The van der Waals surface area contributed by atoms with Gasteiger partial charge in [0.1, 0.15) is 0 Å². The van der Waals surface area contributed by atoms with Gasteiger partial charge in [-0.05, 0) is 32.4 Å². The Morgan fingerprint density at radius 2 is 2.29 bits per heavy atom. The van der Waals surface area contributed by atoms with E-state index in [1.54, 1.807) is 0 Å². The number of likely N-dealkylation sites (N-methyl/N-ethyl adjacent to an activating group) is 1. The SMILES string of the molecule is CCCCC(N)C(=O)NC1CCCN(CC)C1. The largest absolute Gasteiger partial charge is 0.351 e. The van der Waals surface area contributed by atoms with E-state index in [9.17, 15) is 4.79 Å². The van der Waals surface area contributed by atoms with Crippen molar-refractivity contribution in [3.8, 4) is 0 Å². The molecule has 1 amide bonds. The Morgan fingerprint density at radius 3 is 2.94 bits per heavy atom. The van der Waals surface area contributed by atoms with Crippen LogP contribution in [-0.2, 0) is 4.79 Å². The standard InChI is InChI=1S/C13H27N3O/c1-3-5-8-12(14)13(17)15-11-7-6-9-16(4-2)10-11/h11-12H,3-10,14H2,1-2H3,(H,15,17). The number of nitrogens with two attached hydrogens (primary N) is 1. The van der Waals surface area contributed by atoms with E-state index in [2.05, 4.69) is 24.1 Å². The second kappa shape index (κ2) is 7.67. The smallest absolute Gasteiger partial charge is 0.237 e. The number of unbranched alkanes of at least 4 members (excludes halogenated alkanes) is 1. The average Bonchev–Trinajstić information content (AvgIpc) is 2.36. The minimum atomic E-state index is -0.327. The summed E-state index contributed by atoms with van der Waals surface area (Å²) in [4.78, 5) is 14.2. The second-order valence-corrected chi connectivity index (χ2v) is 4.99. The summed E-state index contributed by atoms with van der Waals surface area (Å²) in [5.41, 5.74) is 5.86. The van der Waals surface area contributed by atoms with Gasteiger partial charge in [-0.25, -0.2) is 0 Å². The molecule has 2 unspecified atom stereocenters. The number of rotatable bonds is 6. The van der Waals surface area contributed by atoms with E-state index in [0.717, 1.165) is 45.3 Å². The minimum Gasteiger partial charge on any atom is -0.351 e. The van der Waals surface area contributed by atoms with Crippen LogP contribution in [0.2, 0.25) is 0 Å². The van der Waals surface area contributed by atoms with E-state index < -0.39 is 0 Å². The first kappa shape index (κ1) is 14.5. The fraction of sp³-hybridized carbons (Fsp3) is 0.923. The van der Waals surface area contributed by atoms with Gasteiger partial charge in [-0.3, -0.25) is 4.79 Å². The lowest BCUT2D eigenvalue weighted by Crippen LogP contribution is -2.51. The first-order chi connectivity index (χ1) is 8.17. The fourth-order valence-corrected chi connectivity index (χ4v) is 2.32. The average molecular weight is 241 g/mol. The van der Waals surface area contributed by atoms with Crippen LogP contribution in [0.3, 0.4) is 0 Å². The van der Waals surface area contributed by atoms with Crippen molar-refractivity contribution in [3.63, 3.8) is 0 Å². The van der Waals surface area contributed by atoms with Gasteiger partial charge in [0.15, 0.2) is 0 Å². The fourth-order valence-electron chi connectivity index (χ4n) is 2.32. The number of nitrogens with zero attached hydrogens (tertiary/aromatic N) is 1. The maximum absolute atomic E-state index is 11.9. The van der Waals surface area contributed by atoms with Crippen LogP contribution in [0.15, 0.2) is 0 Å². The van der Waals surface area contributed by atoms with Crippen LogP contribution in [0.1, 0.15) is 46.0 Å². The molecule has 0 aromatic rings. The summed E-state index contributed by atoms with van der Waals surface area (Å²) in [5.74, 6) is 0.0291. The van der Waals surface area contributed by atoms with Crippen molar-refractivity contribution < 1.29 is 4.79 Å². The van der Waals surface area contributed by atoms with E-state index in [1.807, 2.05) is 0 Å². The Balaban J connectivity index is 2.29. The molecular weight excluding hydrogens is 214 g/mol. The van der Waals surface area contributed by atoms with Crippen LogP contribution >= 0.6 is 0 Å². The Bertz CT molecular complexity index is 233. The zero-order chi connectivity index (χ0) is 12.7. The molecule has 0 bridgehead atoms. The van der Waals surface area contributed by atoms with Crippen LogP contribution in [0, 0.1) is 0 Å². The molecule has 2 atom stereocenters. The molecule has 100 valence electrons. The minimum absolute atomic E-state index is 0.0291. The normalized spacial score (nSPS) is 23.4. The van der Waals surface area contributed by atoms with Crippen LogP contribution in [0.5, 0.6) is 0 Å². The van der Waals surface area contributed by atoms with Gasteiger partial charge < -0.3 is 16.0 Å². The van der Waals surface area contributed by atoms with Crippen LogP contribution in [0.25, 0.3) is 0 Å². The second-order valence-electron chi connectivity index (χ2n) is 4.99. The van der Waals surface area contributed by atoms with Crippen molar-refractivity contribution in [3.05, 3.63) is 0 Å². The monoisotopic (exact) mass is 241 g/mol. The lowest BCUT2D eigenvalue weighted by molar-refractivity contribution is -0.123. The topological polar surface area (TPSA) is 58.4 Å². The highest BCUT2D eigenvalue weighted by atomic mass is 16.2. The van der Waals surface area contributed by atoms with Gasteiger partial charge in [-0.15, -0.1) is 0 Å². The number of piperidine rings is 1. The molecule has 0 aliphatic carbocycles. The van der Waals surface area contributed by atoms with Crippen LogP contribution in [-0.4, -0.2) is 42.5 Å². The maximum Gasteiger partial charge on any atom is 0.237 e. The molecule has 0 saturated carbocycles. The molecule has 1 aliphatic heterocycles. The lowest BCUT2D eigenvalue weighted by Gasteiger charge is -2.32. The molecule has 1 fully saturated rings. The van der Waals surface area contributed by atoms with E-state index in [-0.39, 0.29) is 11.9 Å². The van der Waals surface area contributed by atoms with Gasteiger partial charge in [0, 0.05) is 12.6 Å². The van der Waals surface area contributed by atoms with E-state index >= 15 is 0 Å². The Morgan fingerprint density at radius 1 is 1.53 bits per heavy atom. The molecule has 0 aromatic carbocycles. The molecule has 1 saturated heterocycles. The number of likely N-dealkylation sites (tertiary alicyclic amines) is 1. The van der Waals surface area contributed by atoms with Crippen LogP contribution < -0.4 is 11.1 Å². The van der Waals surface area contributed by atoms with Gasteiger partial charge in [-0.1, -0.05) is 26.7 Å². The molecule has 3 N–H and O–H groups in total. The molecule has 4 heteroatoms. The molecule has 1 heterocycles. The highest BCUT2D eigenvalue weighted by Gasteiger charge is 2.22. The van der Waals surface area contributed by atoms with Crippen molar-refractivity contribution in [1.29, 1.82) is 0 Å². The number of hydrogen-bond donors (Lipinski definition) is 2. The maximum atomic E-state index is 11.9. The number of carbonyl (C=O) groups excluding carboxylic acids is 1. The van der Waals surface area contributed by atoms with Crippen molar-refractivity contribution in [2.45, 2.75) is 58.0 Å². The van der Waals surface area contributed by atoms with Gasteiger partial charge in [-0.2, -0.15) is 0 Å². The molecule has 0 radical (unpaired) electrons. The molecule has 4 nitrogen and oxygen atoms in total. The van der Waals surface area contributed by atoms with E-state index in [0.29, 0.717) is 6.04 Å². The molecule has 0 aromatic heterocycles. The van der Waals surface area contributed by atoms with Crippen molar-refractivity contribution in [2.24, 2.45) is 5.73 Å². The number of hydrogen-bond acceptors (Lipinski definition) is 3. The van der Waals surface area contributed by atoms with Crippen LogP contribution in [0.4, 0.5) is 0 Å².